The van der Waals surface area contributed by atoms with E-state index in [-0.39, 0.29) is 0 Å². The van der Waals surface area contributed by atoms with E-state index < -0.39 is 0 Å². The van der Waals surface area contributed by atoms with Gasteiger partial charge in [-0.3, -0.25) is 0 Å². The SMILES string of the molecule is CCCCCCC#CCC#CCBr. The Morgan fingerprint density at radius 3 is 2.38 bits per heavy atom. The first-order valence-corrected chi connectivity index (χ1v) is 6.01. The lowest BCUT2D eigenvalue weighted by Crippen LogP contribution is -1.73. The van der Waals surface area contributed by atoms with E-state index in [9.17, 15) is 0 Å². The van der Waals surface area contributed by atoms with Crippen LogP contribution in [-0.2, 0) is 0 Å². The molecule has 0 bridgehead atoms. The minimum atomic E-state index is 0.722. The second-order valence-electron chi connectivity index (χ2n) is 2.83. The molecule has 0 spiro atoms. The van der Waals surface area contributed by atoms with E-state index in [0.717, 1.165) is 18.2 Å². The van der Waals surface area contributed by atoms with Crippen molar-refractivity contribution >= 4 is 15.9 Å². The molecule has 0 aliphatic carbocycles. The first-order chi connectivity index (χ1) is 6.41. The van der Waals surface area contributed by atoms with Gasteiger partial charge in [-0.05, 0) is 6.42 Å². The maximum atomic E-state index is 3.24. The molecule has 0 aliphatic heterocycles. The van der Waals surface area contributed by atoms with Crippen LogP contribution in [0.3, 0.4) is 0 Å². The van der Waals surface area contributed by atoms with Gasteiger partial charge in [-0.2, -0.15) is 0 Å². The van der Waals surface area contributed by atoms with Gasteiger partial charge in [0.2, 0.25) is 0 Å². The van der Waals surface area contributed by atoms with Crippen LogP contribution in [0.15, 0.2) is 0 Å². The van der Waals surface area contributed by atoms with Crippen molar-refractivity contribution in [3.8, 4) is 23.7 Å². The Hall–Kier alpha value is -0.400. The van der Waals surface area contributed by atoms with Gasteiger partial charge < -0.3 is 0 Å². The van der Waals surface area contributed by atoms with Crippen LogP contribution in [0.25, 0.3) is 0 Å². The Bertz CT molecular complexity index is 209. The minimum Gasteiger partial charge on any atom is -0.102 e. The molecule has 0 fully saturated rings. The van der Waals surface area contributed by atoms with E-state index in [4.69, 9.17) is 0 Å². The lowest BCUT2D eigenvalue weighted by Gasteiger charge is -1.91. The van der Waals surface area contributed by atoms with Crippen LogP contribution in [0.1, 0.15) is 45.4 Å². The van der Waals surface area contributed by atoms with E-state index in [2.05, 4.69) is 46.5 Å². The molecule has 13 heavy (non-hydrogen) atoms. The summed E-state index contributed by atoms with van der Waals surface area (Å²) in [5.41, 5.74) is 0. The van der Waals surface area contributed by atoms with Gasteiger partial charge in [0.05, 0.1) is 11.8 Å². The van der Waals surface area contributed by atoms with Gasteiger partial charge in [0, 0.05) is 6.42 Å². The quantitative estimate of drug-likeness (QED) is 0.399. The van der Waals surface area contributed by atoms with Crippen LogP contribution in [0.2, 0.25) is 0 Å². The highest BCUT2D eigenvalue weighted by Crippen LogP contribution is 2.00. The Labute approximate surface area is 90.6 Å². The smallest absolute Gasteiger partial charge is 0.0702 e. The molecular weight excluding hydrogens is 224 g/mol. The lowest BCUT2D eigenvalue weighted by molar-refractivity contribution is 0.679. The molecular formula is C12H17Br. The third kappa shape index (κ3) is 11.6. The summed E-state index contributed by atoms with van der Waals surface area (Å²) in [7, 11) is 0. The summed E-state index contributed by atoms with van der Waals surface area (Å²) >= 11 is 3.24. The van der Waals surface area contributed by atoms with Crippen LogP contribution in [0.4, 0.5) is 0 Å². The maximum absolute atomic E-state index is 3.24. The average molecular weight is 241 g/mol. The minimum absolute atomic E-state index is 0.722. The normalized spacial score (nSPS) is 8.15. The van der Waals surface area contributed by atoms with Gasteiger partial charge in [-0.25, -0.2) is 0 Å². The van der Waals surface area contributed by atoms with Crippen LogP contribution in [0, 0.1) is 23.7 Å². The summed E-state index contributed by atoms with van der Waals surface area (Å²) in [6, 6.07) is 0. The summed E-state index contributed by atoms with van der Waals surface area (Å²) in [4.78, 5) is 0. The van der Waals surface area contributed by atoms with Crippen molar-refractivity contribution in [3.05, 3.63) is 0 Å². The molecule has 1 heteroatoms. The van der Waals surface area contributed by atoms with Crippen LogP contribution in [-0.4, -0.2) is 5.33 Å². The van der Waals surface area contributed by atoms with E-state index in [0.29, 0.717) is 0 Å². The second-order valence-corrected chi connectivity index (χ2v) is 3.39. The fraction of sp³-hybridized carbons (Fsp3) is 0.667. The first kappa shape index (κ1) is 12.6. The summed E-state index contributed by atoms with van der Waals surface area (Å²) in [5.74, 6) is 12.1. The van der Waals surface area contributed by atoms with Crippen molar-refractivity contribution in [1.82, 2.24) is 0 Å². The zero-order chi connectivity index (χ0) is 9.78. The molecule has 0 aromatic rings. The molecule has 72 valence electrons. The number of rotatable bonds is 4. The van der Waals surface area contributed by atoms with Crippen molar-refractivity contribution in [2.45, 2.75) is 45.4 Å². The number of halogens is 1. The Morgan fingerprint density at radius 1 is 0.923 bits per heavy atom. The zero-order valence-corrected chi connectivity index (χ0v) is 9.91. The number of unbranched alkanes of at least 4 members (excludes halogenated alkanes) is 4. The van der Waals surface area contributed by atoms with Crippen molar-refractivity contribution in [2.75, 3.05) is 5.33 Å². The molecule has 0 rings (SSSR count). The van der Waals surface area contributed by atoms with Crippen molar-refractivity contribution in [1.29, 1.82) is 0 Å². The van der Waals surface area contributed by atoms with Crippen LogP contribution in [0.5, 0.6) is 0 Å². The third-order valence-corrected chi connectivity index (χ3v) is 1.93. The third-order valence-electron chi connectivity index (χ3n) is 1.65. The predicted octanol–water partition coefficient (Wildman–Crippen LogP) is 3.75. The molecule has 0 nitrogen and oxygen atoms in total. The first-order valence-electron chi connectivity index (χ1n) is 4.89. The number of hydrogen-bond acceptors (Lipinski definition) is 0. The highest BCUT2D eigenvalue weighted by molar-refractivity contribution is 9.09. The Kier molecular flexibility index (Phi) is 11.2. The highest BCUT2D eigenvalue weighted by atomic mass is 79.9. The molecule has 0 saturated heterocycles. The molecule has 0 heterocycles. The summed E-state index contributed by atoms with van der Waals surface area (Å²) in [6.07, 6.45) is 6.95. The Morgan fingerprint density at radius 2 is 1.69 bits per heavy atom. The van der Waals surface area contributed by atoms with Gasteiger partial charge in [-0.15, -0.1) is 5.92 Å². The molecule has 0 saturated carbocycles. The van der Waals surface area contributed by atoms with Crippen LogP contribution >= 0.6 is 15.9 Å². The summed E-state index contributed by atoms with van der Waals surface area (Å²) in [6.45, 7) is 2.22. The average Bonchev–Trinajstić information content (AvgIpc) is 2.16. The lowest BCUT2D eigenvalue weighted by atomic mass is 10.1. The molecule has 0 aromatic heterocycles. The monoisotopic (exact) mass is 240 g/mol. The predicted molar refractivity (Wildman–Crippen MR) is 62.7 cm³/mol. The Balaban J connectivity index is 3.20. The van der Waals surface area contributed by atoms with E-state index in [1.54, 1.807) is 0 Å². The van der Waals surface area contributed by atoms with E-state index in [1.165, 1.54) is 25.7 Å². The van der Waals surface area contributed by atoms with E-state index >= 15 is 0 Å². The molecule has 0 amide bonds. The van der Waals surface area contributed by atoms with Gasteiger partial charge >= 0.3 is 0 Å². The second kappa shape index (κ2) is 11.6. The van der Waals surface area contributed by atoms with E-state index in [1.807, 2.05) is 0 Å². The van der Waals surface area contributed by atoms with Crippen LogP contribution < -0.4 is 0 Å². The number of alkyl halides is 1. The fourth-order valence-electron chi connectivity index (χ4n) is 0.945. The molecule has 0 aliphatic rings. The molecule has 0 radical (unpaired) electrons. The maximum Gasteiger partial charge on any atom is 0.0702 e. The largest absolute Gasteiger partial charge is 0.102 e. The zero-order valence-electron chi connectivity index (χ0n) is 8.33. The van der Waals surface area contributed by atoms with Gasteiger partial charge in [0.15, 0.2) is 0 Å². The number of hydrogen-bond donors (Lipinski definition) is 0. The van der Waals surface area contributed by atoms with Gasteiger partial charge in [0.1, 0.15) is 0 Å². The molecule has 0 atom stereocenters. The highest BCUT2D eigenvalue weighted by Gasteiger charge is 1.82. The molecule has 0 unspecified atom stereocenters. The summed E-state index contributed by atoms with van der Waals surface area (Å²) in [5, 5.41) is 0.755. The topological polar surface area (TPSA) is 0 Å². The summed E-state index contributed by atoms with van der Waals surface area (Å²) < 4.78 is 0. The fourth-order valence-corrected chi connectivity index (χ4v) is 1.14. The van der Waals surface area contributed by atoms with Crippen molar-refractivity contribution in [3.63, 3.8) is 0 Å². The standard InChI is InChI=1S/C12H17Br/c1-2-3-4-5-6-7-8-9-10-11-12-13/h2-6,9,12H2,1H3. The van der Waals surface area contributed by atoms with Crippen molar-refractivity contribution < 1.29 is 0 Å². The van der Waals surface area contributed by atoms with Gasteiger partial charge in [-0.1, -0.05) is 59.9 Å². The molecule has 0 N–H and O–H groups in total. The van der Waals surface area contributed by atoms with Crippen molar-refractivity contribution in [2.24, 2.45) is 0 Å². The molecule has 0 aromatic carbocycles. The van der Waals surface area contributed by atoms with Gasteiger partial charge in [0.25, 0.3) is 0 Å².